The quantitative estimate of drug-likeness (QED) is 0.406. The molecule has 0 saturated heterocycles. The fourth-order valence-electron chi connectivity index (χ4n) is 2.66. The molecule has 0 spiro atoms. The smallest absolute Gasteiger partial charge is 0.263 e. The highest BCUT2D eigenvalue weighted by atomic mass is 16.1. The summed E-state index contributed by atoms with van der Waals surface area (Å²) in [4.78, 5) is 16.7. The fraction of sp³-hybridized carbons (Fsp3) is 0. The second-order valence-corrected chi connectivity index (χ2v) is 4.56. The Balaban J connectivity index is 2.51. The summed E-state index contributed by atoms with van der Waals surface area (Å²) in [5.74, 6) is 0. The van der Waals surface area contributed by atoms with Gasteiger partial charge in [-0.3, -0.25) is 9.20 Å². The molecule has 0 amide bonds. The minimum atomic E-state index is -0.180. The Morgan fingerprint density at radius 3 is 2.42 bits per heavy atom. The number of rotatable bonds is 0. The molecule has 3 nitrogen and oxygen atoms in total. The second kappa shape index (κ2) is 3.38. The highest BCUT2D eigenvalue weighted by Gasteiger charge is 2.14. The number of imidazole rings is 1. The first-order chi connectivity index (χ1) is 9.18. The minimum Gasteiger partial charge on any atom is -0.274 e. The molecule has 0 aliphatic rings. The van der Waals surface area contributed by atoms with Crippen LogP contribution in [0, 0.1) is 0 Å². The molecule has 2 aromatic carbocycles. The summed E-state index contributed by atoms with van der Waals surface area (Å²) in [5.41, 5.74) is 0.727. The van der Waals surface area contributed by atoms with Gasteiger partial charge in [0.15, 0.2) is 0 Å². The summed E-state index contributed by atoms with van der Waals surface area (Å²) < 4.78 is 1.38. The van der Waals surface area contributed by atoms with E-state index in [2.05, 4.69) is 4.98 Å². The average Bonchev–Trinajstić information content (AvgIpc) is 2.72. The van der Waals surface area contributed by atoms with Gasteiger partial charge in [-0.2, -0.15) is 0 Å². The summed E-state index contributed by atoms with van der Waals surface area (Å²) in [6, 6.07) is 11.5. The number of hydrogen-bond acceptors (Lipinski definition) is 2. The van der Waals surface area contributed by atoms with Crippen molar-refractivity contribution in [2.75, 3.05) is 0 Å². The summed E-state index contributed by atoms with van der Waals surface area (Å²) in [7, 11) is 11.6. The molecule has 2 aromatic heterocycles. The topological polar surface area (TPSA) is 34.4 Å². The number of benzene rings is 2. The molecule has 0 fully saturated rings. The van der Waals surface area contributed by atoms with Gasteiger partial charge in [-0.05, 0) is 22.6 Å². The molecule has 19 heavy (non-hydrogen) atoms. The van der Waals surface area contributed by atoms with Gasteiger partial charge in [-0.1, -0.05) is 30.3 Å². The third-order valence-corrected chi connectivity index (χ3v) is 3.52. The van der Waals surface area contributed by atoms with E-state index in [4.69, 9.17) is 15.7 Å². The normalized spacial score (nSPS) is 11.8. The molecule has 0 bridgehead atoms. The second-order valence-electron chi connectivity index (χ2n) is 4.56. The highest BCUT2D eigenvalue weighted by Crippen LogP contribution is 2.26. The van der Waals surface area contributed by atoms with Crippen LogP contribution >= 0.6 is 0 Å². The van der Waals surface area contributed by atoms with Gasteiger partial charge < -0.3 is 0 Å². The lowest BCUT2D eigenvalue weighted by Crippen LogP contribution is -2.32. The Morgan fingerprint density at radius 1 is 1.00 bits per heavy atom. The molecular formula is C14H6B2N2O. The van der Waals surface area contributed by atoms with Crippen molar-refractivity contribution < 1.29 is 0 Å². The Morgan fingerprint density at radius 2 is 1.68 bits per heavy atom. The molecular weight excluding hydrogens is 234 g/mol. The van der Waals surface area contributed by atoms with Crippen molar-refractivity contribution in [3.63, 3.8) is 0 Å². The van der Waals surface area contributed by atoms with Crippen molar-refractivity contribution in [1.82, 2.24) is 9.38 Å². The Hall–Kier alpha value is -2.29. The predicted octanol–water partition coefficient (Wildman–Crippen LogP) is 0.0263. The maximum absolute atomic E-state index is 12.5. The van der Waals surface area contributed by atoms with Crippen molar-refractivity contribution in [2.45, 2.75) is 0 Å². The van der Waals surface area contributed by atoms with Crippen molar-refractivity contribution in [3.05, 3.63) is 46.8 Å². The van der Waals surface area contributed by atoms with Gasteiger partial charge in [0, 0.05) is 16.2 Å². The largest absolute Gasteiger partial charge is 0.274 e. The van der Waals surface area contributed by atoms with Crippen molar-refractivity contribution in [1.29, 1.82) is 0 Å². The lowest BCUT2D eigenvalue weighted by molar-refractivity contribution is 1.18. The van der Waals surface area contributed by atoms with Crippen LogP contribution in [0.1, 0.15) is 0 Å². The first-order valence-corrected chi connectivity index (χ1v) is 5.89. The molecule has 2 heterocycles. The van der Waals surface area contributed by atoms with Crippen LogP contribution in [0.3, 0.4) is 0 Å². The van der Waals surface area contributed by atoms with Gasteiger partial charge in [0.05, 0.1) is 0 Å². The zero-order chi connectivity index (χ0) is 13.1. The number of nitrogens with zero attached hydrogens (tertiary/aromatic N) is 2. The lowest BCUT2D eigenvalue weighted by Gasteiger charge is -2.07. The first kappa shape index (κ1) is 10.6. The van der Waals surface area contributed by atoms with Crippen LogP contribution in [0.4, 0.5) is 0 Å². The summed E-state index contributed by atoms with van der Waals surface area (Å²) in [6.45, 7) is 0. The van der Waals surface area contributed by atoms with E-state index in [-0.39, 0.29) is 16.7 Å². The molecule has 5 heteroatoms. The van der Waals surface area contributed by atoms with Gasteiger partial charge >= 0.3 is 0 Å². The molecule has 0 unspecified atom stereocenters. The Bertz CT molecular complexity index is 1000. The minimum absolute atomic E-state index is 0.180. The Labute approximate surface area is 111 Å². The van der Waals surface area contributed by atoms with Crippen LogP contribution in [0.25, 0.3) is 27.2 Å². The van der Waals surface area contributed by atoms with E-state index in [0.717, 1.165) is 16.2 Å². The number of pyridine rings is 1. The monoisotopic (exact) mass is 240 g/mol. The number of hydrogen-bond donors (Lipinski definition) is 0. The predicted molar refractivity (Wildman–Crippen MR) is 78.4 cm³/mol. The van der Waals surface area contributed by atoms with E-state index in [9.17, 15) is 4.79 Å². The van der Waals surface area contributed by atoms with Crippen molar-refractivity contribution in [2.24, 2.45) is 0 Å². The van der Waals surface area contributed by atoms with E-state index < -0.39 is 0 Å². The molecule has 4 aromatic rings. The van der Waals surface area contributed by atoms with Crippen LogP contribution in [0.5, 0.6) is 0 Å². The standard InChI is InChI=1S/C14H6B2N2O/c15-11-12(16)18-13(17-11)8-5-1-3-7-4-2-6-9(10(7)8)14(18)19/h1-6H. The lowest BCUT2D eigenvalue weighted by atomic mass is 9.91. The van der Waals surface area contributed by atoms with Crippen LogP contribution in [0.2, 0.25) is 0 Å². The van der Waals surface area contributed by atoms with Gasteiger partial charge in [0.25, 0.3) is 5.56 Å². The van der Waals surface area contributed by atoms with E-state index in [1.807, 2.05) is 30.3 Å². The number of aromatic nitrogens is 2. The molecule has 4 radical (unpaired) electrons. The molecule has 84 valence electrons. The van der Waals surface area contributed by atoms with Crippen molar-refractivity contribution in [3.8, 4) is 0 Å². The SMILES string of the molecule is [B]c1nc2c3cccc4cccc(c(=O)n2c1[B])c43. The van der Waals surface area contributed by atoms with Crippen LogP contribution in [-0.2, 0) is 0 Å². The zero-order valence-electron chi connectivity index (χ0n) is 9.92. The fourth-order valence-corrected chi connectivity index (χ4v) is 2.66. The van der Waals surface area contributed by atoms with Gasteiger partial charge in [0.1, 0.15) is 21.3 Å². The summed E-state index contributed by atoms with van der Waals surface area (Å²) in [6.07, 6.45) is 0. The first-order valence-electron chi connectivity index (χ1n) is 5.89. The van der Waals surface area contributed by atoms with Gasteiger partial charge in [-0.25, -0.2) is 4.98 Å². The summed E-state index contributed by atoms with van der Waals surface area (Å²) >= 11 is 0. The molecule has 0 aliphatic carbocycles. The van der Waals surface area contributed by atoms with Crippen molar-refractivity contribution >= 4 is 54.1 Å². The van der Waals surface area contributed by atoms with Crippen LogP contribution < -0.4 is 16.7 Å². The van der Waals surface area contributed by atoms with Gasteiger partial charge in [0.2, 0.25) is 0 Å². The maximum atomic E-state index is 12.5. The molecule has 0 aliphatic heterocycles. The Kier molecular flexibility index (Phi) is 1.89. The van der Waals surface area contributed by atoms with Gasteiger partial charge in [-0.15, -0.1) is 0 Å². The highest BCUT2D eigenvalue weighted by molar-refractivity contribution is 6.47. The molecule has 0 atom stereocenters. The summed E-state index contributed by atoms with van der Waals surface area (Å²) in [5, 5.41) is 3.43. The molecule has 4 rings (SSSR count). The molecule has 0 saturated carbocycles. The van der Waals surface area contributed by atoms with E-state index >= 15 is 0 Å². The average molecular weight is 240 g/mol. The van der Waals surface area contributed by atoms with E-state index in [1.165, 1.54) is 4.40 Å². The maximum Gasteiger partial charge on any atom is 0.263 e. The third kappa shape index (κ3) is 1.19. The molecule has 0 N–H and O–H groups in total. The third-order valence-electron chi connectivity index (χ3n) is 3.52. The number of fused-ring (bicyclic) bond motifs is 2. The van der Waals surface area contributed by atoms with E-state index in [0.29, 0.717) is 11.0 Å². The van der Waals surface area contributed by atoms with Crippen LogP contribution in [-0.4, -0.2) is 25.1 Å². The van der Waals surface area contributed by atoms with E-state index in [1.54, 1.807) is 6.07 Å². The zero-order valence-corrected chi connectivity index (χ0v) is 9.92. The van der Waals surface area contributed by atoms with Crippen LogP contribution in [0.15, 0.2) is 41.2 Å².